The Labute approximate surface area is 334 Å². The molecule has 0 aromatic heterocycles. The van der Waals surface area contributed by atoms with Gasteiger partial charge in [0, 0.05) is 0 Å². The van der Waals surface area contributed by atoms with E-state index in [1.54, 1.807) is 0 Å². The van der Waals surface area contributed by atoms with Crippen LogP contribution in [0.4, 0.5) is 0 Å². The van der Waals surface area contributed by atoms with Crippen molar-refractivity contribution < 1.29 is 61.6 Å². The molecular weight excluding hydrogens is 672 g/mol. The molecule has 286 valence electrons. The Bertz CT molecular complexity index is 1180. The maximum absolute atomic E-state index is 12.9. The van der Waals surface area contributed by atoms with E-state index in [0.29, 0.717) is 12.8 Å². The monoisotopic (exact) mass is 740 g/mol. The first kappa shape index (κ1) is 49.6. The zero-order valence-corrected chi connectivity index (χ0v) is 35.4. The van der Waals surface area contributed by atoms with Crippen LogP contribution in [0.25, 0.3) is 0 Å². The summed E-state index contributed by atoms with van der Waals surface area (Å²) in [7, 11) is -5.03. The Hall–Kier alpha value is -1.45. The summed E-state index contributed by atoms with van der Waals surface area (Å²) in [6.45, 7) is 4.56. The summed E-state index contributed by atoms with van der Waals surface area (Å²) in [4.78, 5) is 25.0. The van der Waals surface area contributed by atoms with Gasteiger partial charge in [0.2, 0.25) is 0 Å². The molecule has 0 spiro atoms. The number of carbonyl (C=O) groups is 2. The number of ether oxygens (including phenoxy) is 2. The van der Waals surface area contributed by atoms with Gasteiger partial charge in [0.25, 0.3) is 0 Å². The number of hydrogen-bond acceptors (Lipinski definition) is 7. The van der Waals surface area contributed by atoms with Crippen LogP contribution in [-0.4, -0.2) is 38.1 Å². The Kier molecular flexibility index (Phi) is 33.4. The van der Waals surface area contributed by atoms with Gasteiger partial charge in [-0.25, -0.2) is 18.0 Å². The molecule has 7 nitrogen and oxygen atoms in total. The van der Waals surface area contributed by atoms with Crippen LogP contribution in [0.2, 0.25) is 0 Å². The number of rotatable bonds is 33. The van der Waals surface area contributed by atoms with Crippen LogP contribution >= 0.6 is 0 Å². The number of carbonyl (C=O) groups excluding carboxylic acids is 2. The topological polar surface area (TPSA) is 110 Å². The van der Waals surface area contributed by atoms with Gasteiger partial charge in [0.1, 0.15) is 10.1 Å². The van der Waals surface area contributed by atoms with Crippen molar-refractivity contribution in [3.63, 3.8) is 0 Å². The fourth-order valence-electron chi connectivity index (χ4n) is 6.03. The second-order valence-corrected chi connectivity index (χ2v) is 14.9. The third kappa shape index (κ3) is 26.9. The second kappa shape index (κ2) is 34.3. The predicted octanol–water partition coefficient (Wildman–Crippen LogP) is 9.20. The second-order valence-electron chi connectivity index (χ2n) is 13.6. The first-order chi connectivity index (χ1) is 24.3. The smallest absolute Gasteiger partial charge is 0.744 e. The molecule has 0 aliphatic carbocycles. The summed E-state index contributed by atoms with van der Waals surface area (Å²) in [5, 5.41) is 0. The summed E-state index contributed by atoms with van der Waals surface area (Å²) in [5.74, 6) is -1.90. The molecule has 0 amide bonds. The van der Waals surface area contributed by atoms with Crippen LogP contribution in [0, 0.1) is 0 Å². The molecule has 0 heterocycles. The number of unbranched alkanes of at least 4 members (excludes halogenated alkanes) is 22. The van der Waals surface area contributed by atoms with Crippen molar-refractivity contribution in [2.75, 3.05) is 13.2 Å². The molecular formula is C42H69NaO7S. The minimum absolute atomic E-state index is 0. The van der Waals surface area contributed by atoms with Crippen LogP contribution < -0.4 is 29.6 Å². The van der Waals surface area contributed by atoms with E-state index in [2.05, 4.69) is 26.0 Å². The van der Waals surface area contributed by atoms with Crippen molar-refractivity contribution in [3.05, 3.63) is 53.6 Å². The van der Waals surface area contributed by atoms with Crippen LogP contribution in [0.15, 0.2) is 47.4 Å². The van der Waals surface area contributed by atoms with Gasteiger partial charge >= 0.3 is 41.5 Å². The normalized spacial score (nSPS) is 11.7. The molecule has 51 heavy (non-hydrogen) atoms. The standard InChI is InChI=1S/C42H70O7S.Na/c1-3-5-7-9-11-13-15-17-19-21-23-25-27-29-31-36-48-41(43)38-34-33-35-39(50(45,46)47)40(38)42(44)49-37-32-30-28-26-24-22-20-18-16-14-12-10-8-6-4-2;/h27-30,33-35H,3-26,31-32,36-37H2,1-2H3,(H,45,46,47);/q;+1/p-1/b29-27+,30-28+;. The largest absolute Gasteiger partial charge is 1.00 e. The fourth-order valence-corrected chi connectivity index (χ4v) is 6.72. The van der Waals surface area contributed by atoms with E-state index in [9.17, 15) is 22.6 Å². The molecule has 1 rings (SSSR count). The van der Waals surface area contributed by atoms with E-state index in [0.717, 1.165) is 31.7 Å². The van der Waals surface area contributed by atoms with Gasteiger partial charge in [-0.3, -0.25) is 0 Å². The maximum Gasteiger partial charge on any atom is 1.00 e. The summed E-state index contributed by atoms with van der Waals surface area (Å²) in [6.07, 6.45) is 39.5. The Morgan fingerprint density at radius 1 is 0.549 bits per heavy atom. The molecule has 9 heteroatoms. The molecule has 0 aliphatic rings. The number of allylic oxidation sites excluding steroid dienone is 2. The summed E-state index contributed by atoms with van der Waals surface area (Å²) < 4.78 is 46.4. The summed E-state index contributed by atoms with van der Waals surface area (Å²) in [6, 6.07) is 3.55. The van der Waals surface area contributed by atoms with Gasteiger partial charge in [-0.05, 0) is 50.7 Å². The average molecular weight is 741 g/mol. The first-order valence-electron chi connectivity index (χ1n) is 20.1. The Morgan fingerprint density at radius 3 is 1.29 bits per heavy atom. The zero-order valence-electron chi connectivity index (χ0n) is 32.6. The molecule has 1 aromatic rings. The first-order valence-corrected chi connectivity index (χ1v) is 21.5. The van der Waals surface area contributed by atoms with E-state index in [4.69, 9.17) is 9.47 Å². The van der Waals surface area contributed by atoms with E-state index < -0.39 is 32.5 Å². The molecule has 0 saturated carbocycles. The van der Waals surface area contributed by atoms with Gasteiger partial charge in [0.05, 0.1) is 29.2 Å². The van der Waals surface area contributed by atoms with Crippen molar-refractivity contribution in [2.45, 2.75) is 186 Å². The van der Waals surface area contributed by atoms with Crippen LogP contribution in [0.5, 0.6) is 0 Å². The fraction of sp³-hybridized carbons (Fsp3) is 0.714. The molecule has 0 radical (unpaired) electrons. The van der Waals surface area contributed by atoms with E-state index >= 15 is 0 Å². The van der Waals surface area contributed by atoms with Gasteiger partial charge in [0.15, 0.2) is 0 Å². The zero-order chi connectivity index (χ0) is 36.5. The predicted molar refractivity (Wildman–Crippen MR) is 205 cm³/mol. The average Bonchev–Trinajstić information content (AvgIpc) is 3.10. The minimum Gasteiger partial charge on any atom is -0.744 e. The van der Waals surface area contributed by atoms with Crippen molar-refractivity contribution in [1.82, 2.24) is 0 Å². The maximum atomic E-state index is 12.9. The molecule has 0 atom stereocenters. The summed E-state index contributed by atoms with van der Waals surface area (Å²) in [5.41, 5.74) is -0.853. The van der Waals surface area contributed by atoms with Gasteiger partial charge in [-0.1, -0.05) is 173 Å². The Balaban J connectivity index is 0.0000250. The van der Waals surface area contributed by atoms with Crippen molar-refractivity contribution in [2.24, 2.45) is 0 Å². The quantitative estimate of drug-likeness (QED) is 0.0232. The molecule has 0 saturated heterocycles. The molecule has 0 N–H and O–H groups in total. The molecule has 0 fully saturated rings. The van der Waals surface area contributed by atoms with E-state index in [1.807, 2.05) is 12.2 Å². The molecule has 0 bridgehead atoms. The van der Waals surface area contributed by atoms with Crippen LogP contribution in [0.1, 0.15) is 202 Å². The third-order valence-corrected chi connectivity index (χ3v) is 9.92. The van der Waals surface area contributed by atoms with E-state index in [1.165, 1.54) is 141 Å². The minimum atomic E-state index is -5.03. The number of benzene rings is 1. The number of esters is 2. The van der Waals surface area contributed by atoms with Crippen LogP contribution in [-0.2, 0) is 19.6 Å². The molecule has 0 unspecified atom stereocenters. The van der Waals surface area contributed by atoms with Crippen molar-refractivity contribution in [3.8, 4) is 0 Å². The van der Waals surface area contributed by atoms with E-state index in [-0.39, 0.29) is 48.3 Å². The molecule has 1 aromatic carbocycles. The number of hydrogen-bond donors (Lipinski definition) is 0. The third-order valence-electron chi connectivity index (χ3n) is 9.04. The SMILES string of the molecule is CCCCCCCCCCCCC/C=C/CCOC(=O)c1cccc(S(=O)(=O)[O-])c1C(=O)OCC/C=C/CCCCCCCCCCCCC.[Na+]. The summed E-state index contributed by atoms with van der Waals surface area (Å²) >= 11 is 0. The van der Waals surface area contributed by atoms with Gasteiger partial charge in [-0.15, -0.1) is 0 Å². The molecule has 0 aliphatic heterocycles. The van der Waals surface area contributed by atoms with Gasteiger partial charge < -0.3 is 14.0 Å². The van der Waals surface area contributed by atoms with Crippen molar-refractivity contribution in [1.29, 1.82) is 0 Å². The Morgan fingerprint density at radius 2 is 0.902 bits per heavy atom. The van der Waals surface area contributed by atoms with Crippen LogP contribution in [0.3, 0.4) is 0 Å². The van der Waals surface area contributed by atoms with Crippen molar-refractivity contribution >= 4 is 22.1 Å². The van der Waals surface area contributed by atoms with Gasteiger partial charge in [-0.2, -0.15) is 0 Å².